The van der Waals surface area contributed by atoms with E-state index in [1.54, 1.807) is 7.05 Å². The number of hydrogen-bond acceptors (Lipinski definition) is 2. The highest BCUT2D eigenvalue weighted by Crippen LogP contribution is 2.30. The number of rotatable bonds is 5. The summed E-state index contributed by atoms with van der Waals surface area (Å²) in [4.78, 5) is 4.09. The van der Waals surface area contributed by atoms with Gasteiger partial charge in [0.05, 0.1) is 6.04 Å². The minimum absolute atomic E-state index is 0. The van der Waals surface area contributed by atoms with Crippen molar-refractivity contribution >= 4 is 29.9 Å². The molecule has 0 fully saturated rings. The quantitative estimate of drug-likeness (QED) is 0.374. The zero-order valence-electron chi connectivity index (χ0n) is 15.8. The molecule has 0 saturated carbocycles. The summed E-state index contributed by atoms with van der Waals surface area (Å²) >= 11 is 0. The van der Waals surface area contributed by atoms with Gasteiger partial charge in [-0.2, -0.15) is 18.3 Å². The van der Waals surface area contributed by atoms with Gasteiger partial charge in [-0.25, -0.2) is 0 Å². The van der Waals surface area contributed by atoms with E-state index in [0.717, 1.165) is 16.7 Å². The summed E-state index contributed by atoms with van der Waals surface area (Å²) in [5.74, 6) is 0.425. The zero-order chi connectivity index (χ0) is 19.3. The van der Waals surface area contributed by atoms with Gasteiger partial charge in [0.15, 0.2) is 11.7 Å². The van der Waals surface area contributed by atoms with Gasteiger partial charge < -0.3 is 10.6 Å². The smallest absolute Gasteiger partial charge is 0.352 e. The number of halogens is 4. The van der Waals surface area contributed by atoms with Gasteiger partial charge in [-0.15, -0.1) is 24.0 Å². The fourth-order valence-electron chi connectivity index (χ4n) is 2.61. The van der Waals surface area contributed by atoms with Crippen molar-refractivity contribution in [1.29, 1.82) is 0 Å². The summed E-state index contributed by atoms with van der Waals surface area (Å²) < 4.78 is 40.2. The minimum Gasteiger partial charge on any atom is -0.352 e. The van der Waals surface area contributed by atoms with Crippen LogP contribution >= 0.6 is 24.0 Å². The Morgan fingerprint density at radius 3 is 2.41 bits per heavy atom. The van der Waals surface area contributed by atoms with Crippen LogP contribution in [0.25, 0.3) is 0 Å². The Kier molecular flexibility index (Phi) is 8.58. The Balaban J connectivity index is 0.00000364. The first-order chi connectivity index (χ1) is 12.2. The number of aliphatic imine (C=N–C) groups is 1. The van der Waals surface area contributed by atoms with Crippen molar-refractivity contribution in [1.82, 2.24) is 20.4 Å². The van der Waals surface area contributed by atoms with E-state index >= 15 is 0 Å². The molecule has 0 aliphatic carbocycles. The predicted molar refractivity (Wildman–Crippen MR) is 111 cm³/mol. The Bertz CT molecular complexity index is 753. The van der Waals surface area contributed by atoms with Crippen molar-refractivity contribution in [3.05, 3.63) is 52.8 Å². The van der Waals surface area contributed by atoms with Crippen LogP contribution in [0.5, 0.6) is 0 Å². The van der Waals surface area contributed by atoms with E-state index in [9.17, 15) is 13.2 Å². The fraction of sp³-hybridized carbons (Fsp3) is 0.444. The van der Waals surface area contributed by atoms with Crippen LogP contribution in [-0.2, 0) is 26.2 Å². The highest BCUT2D eigenvalue weighted by atomic mass is 127. The molecule has 2 N–H and O–H groups in total. The molecule has 0 spiro atoms. The lowest BCUT2D eigenvalue weighted by atomic mass is 10.1. The first-order valence-electron chi connectivity index (χ1n) is 8.40. The van der Waals surface area contributed by atoms with E-state index in [-0.39, 0.29) is 42.1 Å². The van der Waals surface area contributed by atoms with Gasteiger partial charge in [-0.1, -0.05) is 31.2 Å². The first-order valence-corrected chi connectivity index (χ1v) is 8.40. The normalized spacial score (nSPS) is 13.1. The number of alkyl halides is 3. The number of benzene rings is 1. The van der Waals surface area contributed by atoms with E-state index in [1.165, 1.54) is 18.8 Å². The summed E-state index contributed by atoms with van der Waals surface area (Å²) in [6.07, 6.45) is -2.16. The van der Waals surface area contributed by atoms with Gasteiger partial charge in [0.2, 0.25) is 0 Å². The predicted octanol–water partition coefficient (Wildman–Crippen LogP) is 4.05. The van der Waals surface area contributed by atoms with Crippen LogP contribution in [0.3, 0.4) is 0 Å². The standard InChI is InChI=1S/C18H24F3N5.HI/c1-5-13-6-8-14(9-7-13)12(2)24-17(22-3)23-10-15-11-26(4)25-16(15)18(19,20)21;/h6-9,11-12H,5,10H2,1-4H3,(H2,22,23,24);1H. The van der Waals surface area contributed by atoms with Crippen molar-refractivity contribution in [2.45, 2.75) is 39.0 Å². The molecule has 1 aromatic carbocycles. The molecule has 27 heavy (non-hydrogen) atoms. The SMILES string of the molecule is CCc1ccc(C(C)NC(=NC)NCc2cn(C)nc2C(F)(F)F)cc1.I. The minimum atomic E-state index is -4.48. The Hall–Kier alpha value is -1.78. The number of aryl methyl sites for hydroxylation is 2. The molecule has 0 aliphatic rings. The molecule has 2 rings (SSSR count). The monoisotopic (exact) mass is 495 g/mol. The maximum atomic E-state index is 13.0. The van der Waals surface area contributed by atoms with E-state index in [2.05, 4.69) is 39.8 Å². The molecule has 1 atom stereocenters. The van der Waals surface area contributed by atoms with Crippen LogP contribution in [0.15, 0.2) is 35.5 Å². The molecule has 1 aromatic heterocycles. The molecule has 5 nitrogen and oxygen atoms in total. The third kappa shape index (κ3) is 6.40. The lowest BCUT2D eigenvalue weighted by Crippen LogP contribution is -2.38. The van der Waals surface area contributed by atoms with Crippen molar-refractivity contribution in [2.75, 3.05) is 7.05 Å². The molecule has 0 radical (unpaired) electrons. The van der Waals surface area contributed by atoms with Gasteiger partial charge in [-0.05, 0) is 24.5 Å². The van der Waals surface area contributed by atoms with E-state index in [0.29, 0.717) is 5.96 Å². The topological polar surface area (TPSA) is 54.2 Å². The molecule has 1 heterocycles. The largest absolute Gasteiger partial charge is 0.435 e. The van der Waals surface area contributed by atoms with E-state index in [1.807, 2.05) is 19.1 Å². The van der Waals surface area contributed by atoms with Crippen LogP contribution in [0.4, 0.5) is 13.2 Å². The number of guanidine groups is 1. The molecular weight excluding hydrogens is 470 g/mol. The second kappa shape index (κ2) is 9.95. The van der Waals surface area contributed by atoms with Gasteiger partial charge in [-0.3, -0.25) is 9.67 Å². The van der Waals surface area contributed by atoms with Gasteiger partial charge >= 0.3 is 6.18 Å². The van der Waals surface area contributed by atoms with Crippen LogP contribution in [0.2, 0.25) is 0 Å². The van der Waals surface area contributed by atoms with E-state index < -0.39 is 11.9 Å². The van der Waals surface area contributed by atoms with Gasteiger partial charge in [0.1, 0.15) is 0 Å². The molecule has 0 amide bonds. The van der Waals surface area contributed by atoms with Crippen LogP contribution < -0.4 is 10.6 Å². The lowest BCUT2D eigenvalue weighted by molar-refractivity contribution is -0.142. The fourth-order valence-corrected chi connectivity index (χ4v) is 2.61. The van der Waals surface area contributed by atoms with Gasteiger partial charge in [0, 0.05) is 32.4 Å². The molecule has 150 valence electrons. The van der Waals surface area contributed by atoms with Crippen LogP contribution in [0.1, 0.15) is 42.3 Å². The molecule has 0 bridgehead atoms. The number of nitrogens with one attached hydrogen (secondary N) is 2. The average Bonchev–Trinajstić information content (AvgIpc) is 2.99. The summed E-state index contributed by atoms with van der Waals surface area (Å²) in [5, 5.41) is 9.61. The van der Waals surface area contributed by atoms with Crippen molar-refractivity contribution in [3.8, 4) is 0 Å². The highest BCUT2D eigenvalue weighted by Gasteiger charge is 2.36. The molecule has 0 saturated heterocycles. The first kappa shape index (κ1) is 23.3. The second-order valence-corrected chi connectivity index (χ2v) is 6.06. The number of hydrogen-bond donors (Lipinski definition) is 2. The third-order valence-electron chi connectivity index (χ3n) is 4.08. The van der Waals surface area contributed by atoms with Crippen LogP contribution in [0, 0.1) is 0 Å². The van der Waals surface area contributed by atoms with Crippen LogP contribution in [-0.4, -0.2) is 22.8 Å². The highest BCUT2D eigenvalue weighted by molar-refractivity contribution is 14.0. The lowest BCUT2D eigenvalue weighted by Gasteiger charge is -2.18. The summed E-state index contributed by atoms with van der Waals surface area (Å²) in [6, 6.07) is 8.16. The number of nitrogens with zero attached hydrogens (tertiary/aromatic N) is 3. The molecular formula is C18H25F3IN5. The molecule has 0 aliphatic heterocycles. The molecule has 1 unspecified atom stereocenters. The second-order valence-electron chi connectivity index (χ2n) is 6.06. The Morgan fingerprint density at radius 2 is 1.89 bits per heavy atom. The average molecular weight is 495 g/mol. The maximum Gasteiger partial charge on any atom is 0.435 e. The van der Waals surface area contributed by atoms with E-state index in [4.69, 9.17) is 0 Å². The number of aromatic nitrogens is 2. The van der Waals surface area contributed by atoms with Crippen molar-refractivity contribution in [3.63, 3.8) is 0 Å². The Labute approximate surface area is 174 Å². The van der Waals surface area contributed by atoms with Gasteiger partial charge in [0.25, 0.3) is 0 Å². The molecule has 9 heteroatoms. The zero-order valence-corrected chi connectivity index (χ0v) is 18.1. The van der Waals surface area contributed by atoms with Crippen molar-refractivity contribution in [2.24, 2.45) is 12.0 Å². The maximum absolute atomic E-state index is 13.0. The molecule has 2 aromatic rings. The van der Waals surface area contributed by atoms with Crippen molar-refractivity contribution < 1.29 is 13.2 Å². The summed E-state index contributed by atoms with van der Waals surface area (Å²) in [7, 11) is 3.05. The summed E-state index contributed by atoms with van der Waals surface area (Å²) in [6.45, 7) is 4.04. The Morgan fingerprint density at radius 1 is 1.26 bits per heavy atom. The third-order valence-corrected chi connectivity index (χ3v) is 4.08. The summed E-state index contributed by atoms with van der Waals surface area (Å²) in [5.41, 5.74) is 1.51.